The Balaban J connectivity index is 1.57. The van der Waals surface area contributed by atoms with Crippen molar-refractivity contribution in [1.82, 2.24) is 10.6 Å². The molecule has 158 valence electrons. The molecule has 2 heterocycles. The predicted octanol–water partition coefficient (Wildman–Crippen LogP) is 4.18. The topological polar surface area (TPSA) is 62.4 Å². The van der Waals surface area contributed by atoms with Gasteiger partial charge >= 0.3 is 0 Å². The lowest BCUT2D eigenvalue weighted by molar-refractivity contribution is -0.117. The van der Waals surface area contributed by atoms with Crippen LogP contribution in [0.15, 0.2) is 54.4 Å². The maximum atomic E-state index is 12.6. The Morgan fingerprint density at radius 1 is 1.17 bits per heavy atom. The molecule has 0 spiro atoms. The lowest BCUT2D eigenvalue weighted by Gasteiger charge is -2.23. The summed E-state index contributed by atoms with van der Waals surface area (Å²) in [4.78, 5) is 12.6. The van der Waals surface area contributed by atoms with E-state index in [0.29, 0.717) is 12.3 Å². The Morgan fingerprint density at radius 2 is 1.97 bits per heavy atom. The molecular weight excluding hydrogens is 374 g/mol. The third-order valence-electron chi connectivity index (χ3n) is 6.24. The van der Waals surface area contributed by atoms with Gasteiger partial charge in [-0.15, -0.1) is 0 Å². The van der Waals surface area contributed by atoms with Gasteiger partial charge in [-0.2, -0.15) is 0 Å². The van der Waals surface area contributed by atoms with E-state index in [2.05, 4.69) is 66.3 Å². The molecule has 1 fully saturated rings. The van der Waals surface area contributed by atoms with E-state index >= 15 is 0 Å². The van der Waals surface area contributed by atoms with Crippen molar-refractivity contribution >= 4 is 11.6 Å². The first kappa shape index (κ1) is 20.5. The van der Waals surface area contributed by atoms with E-state index in [1.165, 1.54) is 16.7 Å². The van der Waals surface area contributed by atoms with Crippen LogP contribution in [0.2, 0.25) is 0 Å². The number of carbonyl (C=O) groups excluding carboxylic acids is 1. The highest BCUT2D eigenvalue weighted by atomic mass is 16.5. The molecule has 5 nitrogen and oxygen atoms in total. The molecule has 1 unspecified atom stereocenters. The van der Waals surface area contributed by atoms with Gasteiger partial charge in [-0.25, -0.2) is 0 Å². The summed E-state index contributed by atoms with van der Waals surface area (Å²) in [5, 5.41) is 9.85. The van der Waals surface area contributed by atoms with Crippen molar-refractivity contribution in [2.24, 2.45) is 5.92 Å². The molecule has 0 saturated carbocycles. The highest BCUT2D eigenvalue weighted by Crippen LogP contribution is 2.35. The summed E-state index contributed by atoms with van der Waals surface area (Å²) in [5.74, 6) is 0.595. The van der Waals surface area contributed by atoms with Crippen molar-refractivity contribution in [1.29, 1.82) is 0 Å². The van der Waals surface area contributed by atoms with E-state index in [4.69, 9.17) is 4.74 Å². The molecule has 4 rings (SSSR count). The second kappa shape index (κ2) is 9.35. The predicted molar refractivity (Wildman–Crippen MR) is 120 cm³/mol. The number of amides is 1. The third kappa shape index (κ3) is 4.68. The summed E-state index contributed by atoms with van der Waals surface area (Å²) in [6.45, 7) is 6.60. The van der Waals surface area contributed by atoms with Crippen LogP contribution in [0.4, 0.5) is 5.69 Å². The fourth-order valence-corrected chi connectivity index (χ4v) is 4.38. The molecule has 3 N–H and O–H groups in total. The molecule has 2 aliphatic rings. The van der Waals surface area contributed by atoms with Crippen LogP contribution in [0, 0.1) is 19.8 Å². The highest BCUT2D eigenvalue weighted by molar-refractivity contribution is 5.91. The zero-order valence-electron chi connectivity index (χ0n) is 17.8. The SMILES string of the molecule is Cc1cccc(C(C2=CNCN2)c2cccc(NC(=O)CC3CCOCC3)c2)c1C. The van der Waals surface area contributed by atoms with Crippen LogP contribution >= 0.6 is 0 Å². The van der Waals surface area contributed by atoms with E-state index in [0.717, 1.165) is 49.7 Å². The van der Waals surface area contributed by atoms with Crippen molar-refractivity contribution in [3.05, 3.63) is 76.6 Å². The van der Waals surface area contributed by atoms with Crippen LogP contribution in [0.3, 0.4) is 0 Å². The fraction of sp³-hybridized carbons (Fsp3) is 0.400. The van der Waals surface area contributed by atoms with Crippen LogP contribution in [0.25, 0.3) is 0 Å². The van der Waals surface area contributed by atoms with Gasteiger partial charge in [0.2, 0.25) is 5.91 Å². The normalized spacial score (nSPS) is 17.6. The van der Waals surface area contributed by atoms with Crippen molar-refractivity contribution in [3.63, 3.8) is 0 Å². The average molecular weight is 406 g/mol. The van der Waals surface area contributed by atoms with Gasteiger partial charge in [-0.3, -0.25) is 4.79 Å². The number of anilines is 1. The summed E-state index contributed by atoms with van der Waals surface area (Å²) in [6.07, 6.45) is 4.55. The fourth-order valence-electron chi connectivity index (χ4n) is 4.38. The van der Waals surface area contributed by atoms with Gasteiger partial charge in [-0.05, 0) is 67.0 Å². The zero-order chi connectivity index (χ0) is 20.9. The monoisotopic (exact) mass is 405 g/mol. The number of benzene rings is 2. The van der Waals surface area contributed by atoms with E-state index in [1.807, 2.05) is 12.1 Å². The van der Waals surface area contributed by atoms with Crippen molar-refractivity contribution in [2.45, 2.75) is 39.0 Å². The highest BCUT2D eigenvalue weighted by Gasteiger charge is 2.24. The first-order valence-corrected chi connectivity index (χ1v) is 10.8. The van der Waals surface area contributed by atoms with E-state index in [-0.39, 0.29) is 11.8 Å². The van der Waals surface area contributed by atoms with Crippen molar-refractivity contribution < 1.29 is 9.53 Å². The van der Waals surface area contributed by atoms with Gasteiger partial charge in [-0.1, -0.05) is 30.3 Å². The molecule has 2 aromatic rings. The number of aryl methyl sites for hydroxylation is 1. The van der Waals surface area contributed by atoms with Crippen LogP contribution in [-0.4, -0.2) is 25.8 Å². The lowest BCUT2D eigenvalue weighted by atomic mass is 9.84. The molecule has 1 amide bonds. The number of carbonyl (C=O) groups is 1. The molecule has 0 radical (unpaired) electrons. The van der Waals surface area contributed by atoms with Crippen molar-refractivity contribution in [3.8, 4) is 0 Å². The van der Waals surface area contributed by atoms with Gasteiger partial charge < -0.3 is 20.7 Å². The summed E-state index contributed by atoms with van der Waals surface area (Å²) in [7, 11) is 0. The largest absolute Gasteiger partial charge is 0.381 e. The summed E-state index contributed by atoms with van der Waals surface area (Å²) in [5.41, 5.74) is 7.02. The first-order valence-electron chi connectivity index (χ1n) is 10.8. The molecule has 2 aliphatic heterocycles. The molecule has 0 bridgehead atoms. The number of nitrogens with one attached hydrogen (secondary N) is 3. The molecule has 1 atom stereocenters. The first-order chi connectivity index (χ1) is 14.6. The second-order valence-electron chi connectivity index (χ2n) is 8.31. The van der Waals surface area contributed by atoms with Crippen molar-refractivity contribution in [2.75, 3.05) is 25.2 Å². The van der Waals surface area contributed by atoms with E-state index in [9.17, 15) is 4.79 Å². The molecule has 1 saturated heterocycles. The molecule has 2 aromatic carbocycles. The van der Waals surface area contributed by atoms with Crippen LogP contribution in [0.1, 0.15) is 47.4 Å². The van der Waals surface area contributed by atoms with Gasteiger partial charge in [0.1, 0.15) is 0 Å². The Bertz CT molecular complexity index is 932. The number of hydrogen-bond donors (Lipinski definition) is 3. The average Bonchev–Trinajstić information content (AvgIpc) is 3.27. The number of rotatable bonds is 6. The minimum Gasteiger partial charge on any atom is -0.381 e. The molecular formula is C25H31N3O2. The zero-order valence-corrected chi connectivity index (χ0v) is 17.8. The summed E-state index contributed by atoms with van der Waals surface area (Å²) in [6, 6.07) is 14.7. The summed E-state index contributed by atoms with van der Waals surface area (Å²) >= 11 is 0. The molecule has 0 aromatic heterocycles. The Kier molecular flexibility index (Phi) is 6.38. The minimum atomic E-state index is 0.0854. The standard InChI is InChI=1S/C25H31N3O2/c1-17-5-3-8-22(18(17)2)25(23-15-26-16-27-23)20-6-4-7-21(14-20)28-24(29)13-19-9-11-30-12-10-19/h3-8,14-15,19,25-27H,9-13,16H2,1-2H3,(H,28,29). The second-order valence-corrected chi connectivity index (χ2v) is 8.31. The van der Waals surface area contributed by atoms with Gasteiger partial charge in [0, 0.05) is 37.2 Å². The lowest BCUT2D eigenvalue weighted by Crippen LogP contribution is -2.22. The summed E-state index contributed by atoms with van der Waals surface area (Å²) < 4.78 is 5.40. The third-order valence-corrected chi connectivity index (χ3v) is 6.24. The minimum absolute atomic E-state index is 0.0854. The Hall–Kier alpha value is -2.79. The van der Waals surface area contributed by atoms with Gasteiger partial charge in [0.05, 0.1) is 12.6 Å². The molecule has 30 heavy (non-hydrogen) atoms. The van der Waals surface area contributed by atoms with Crippen LogP contribution in [0.5, 0.6) is 0 Å². The smallest absolute Gasteiger partial charge is 0.224 e. The maximum Gasteiger partial charge on any atom is 0.224 e. The van der Waals surface area contributed by atoms with Gasteiger partial charge in [0.15, 0.2) is 0 Å². The molecule has 5 heteroatoms. The van der Waals surface area contributed by atoms with E-state index in [1.54, 1.807) is 0 Å². The van der Waals surface area contributed by atoms with Gasteiger partial charge in [0.25, 0.3) is 0 Å². The van der Waals surface area contributed by atoms with Crippen LogP contribution < -0.4 is 16.0 Å². The van der Waals surface area contributed by atoms with Crippen LogP contribution in [-0.2, 0) is 9.53 Å². The Morgan fingerprint density at radius 3 is 2.73 bits per heavy atom. The van der Waals surface area contributed by atoms with E-state index < -0.39 is 0 Å². The number of allylic oxidation sites excluding steroid dienone is 1. The maximum absolute atomic E-state index is 12.6. The Labute approximate surface area is 178 Å². The molecule has 0 aliphatic carbocycles. The number of ether oxygens (including phenoxy) is 1. The quantitative estimate of drug-likeness (QED) is 0.675. The number of hydrogen-bond acceptors (Lipinski definition) is 4.